The van der Waals surface area contributed by atoms with Gasteiger partial charge in [0.15, 0.2) is 5.78 Å². The molecule has 1 fully saturated rings. The molecule has 1 heterocycles. The van der Waals surface area contributed by atoms with Crippen LogP contribution in [-0.2, 0) is 0 Å². The third-order valence-electron chi connectivity index (χ3n) is 3.19. The second kappa shape index (κ2) is 4.15. The number of hydrogen-bond donors (Lipinski definition) is 1. The summed E-state index contributed by atoms with van der Waals surface area (Å²) in [5, 5.41) is 3.26. The van der Waals surface area contributed by atoms with Gasteiger partial charge in [-0.05, 0) is 19.4 Å². The average Bonchev–Trinajstić information content (AvgIpc) is 2.65. The Labute approximate surface area is 90.7 Å². The summed E-state index contributed by atoms with van der Waals surface area (Å²) in [6.45, 7) is 5.96. The van der Waals surface area contributed by atoms with Gasteiger partial charge < -0.3 is 5.32 Å². The molecule has 0 aliphatic carbocycles. The van der Waals surface area contributed by atoms with Crippen LogP contribution in [0.15, 0.2) is 24.3 Å². The van der Waals surface area contributed by atoms with Crippen LogP contribution in [0.25, 0.3) is 0 Å². The minimum atomic E-state index is 0.160. The van der Waals surface area contributed by atoms with Crippen LogP contribution in [0.2, 0.25) is 0 Å². The van der Waals surface area contributed by atoms with Gasteiger partial charge in [-0.1, -0.05) is 36.8 Å². The van der Waals surface area contributed by atoms with Crippen molar-refractivity contribution in [1.82, 2.24) is 5.32 Å². The second-order valence-electron chi connectivity index (χ2n) is 4.47. The molecule has 1 N–H and O–H groups in total. The van der Waals surface area contributed by atoms with Crippen molar-refractivity contribution >= 4 is 5.78 Å². The summed E-state index contributed by atoms with van der Waals surface area (Å²) in [5.74, 6) is 0.902. The molecule has 2 atom stereocenters. The van der Waals surface area contributed by atoms with Gasteiger partial charge in [0.2, 0.25) is 0 Å². The Morgan fingerprint density at radius 3 is 2.47 bits per heavy atom. The zero-order valence-electron chi connectivity index (χ0n) is 9.29. The number of benzene rings is 1. The lowest BCUT2D eigenvalue weighted by atomic mass is 9.89. The first-order valence-corrected chi connectivity index (χ1v) is 5.50. The fourth-order valence-corrected chi connectivity index (χ4v) is 2.09. The molecule has 2 heteroatoms. The lowest BCUT2D eigenvalue weighted by Crippen LogP contribution is -2.21. The second-order valence-corrected chi connectivity index (χ2v) is 4.47. The predicted molar refractivity (Wildman–Crippen MR) is 61.0 cm³/mol. The molecule has 0 aromatic heterocycles. The lowest BCUT2D eigenvalue weighted by molar-refractivity contribution is 0.0908. The number of Topliss-reactive ketones (excluding diaryl/α,β-unsaturated/α-hetero) is 1. The fraction of sp³-hybridized carbons (Fsp3) is 0.462. The van der Waals surface area contributed by atoms with Gasteiger partial charge in [0.05, 0.1) is 0 Å². The zero-order chi connectivity index (χ0) is 10.8. The van der Waals surface area contributed by atoms with Crippen LogP contribution in [-0.4, -0.2) is 18.9 Å². The molecular formula is C13H17NO. The first-order chi connectivity index (χ1) is 7.18. The van der Waals surface area contributed by atoms with E-state index in [0.717, 1.165) is 18.7 Å². The molecule has 2 unspecified atom stereocenters. The molecule has 1 aliphatic heterocycles. The molecule has 15 heavy (non-hydrogen) atoms. The van der Waals surface area contributed by atoms with E-state index in [0.29, 0.717) is 5.92 Å². The van der Waals surface area contributed by atoms with Crippen LogP contribution in [0.5, 0.6) is 0 Å². The van der Waals surface area contributed by atoms with E-state index in [1.807, 2.05) is 31.2 Å². The van der Waals surface area contributed by atoms with E-state index in [9.17, 15) is 4.79 Å². The van der Waals surface area contributed by atoms with Crippen molar-refractivity contribution in [2.24, 2.45) is 11.8 Å². The summed E-state index contributed by atoms with van der Waals surface area (Å²) in [6.07, 6.45) is 0. The van der Waals surface area contributed by atoms with Crippen LogP contribution < -0.4 is 5.32 Å². The van der Waals surface area contributed by atoms with E-state index in [2.05, 4.69) is 12.2 Å². The fourth-order valence-electron chi connectivity index (χ4n) is 2.09. The number of rotatable bonds is 2. The highest BCUT2D eigenvalue weighted by Gasteiger charge is 2.29. The van der Waals surface area contributed by atoms with Crippen LogP contribution in [0.4, 0.5) is 0 Å². The highest BCUT2D eigenvalue weighted by Crippen LogP contribution is 2.21. The average molecular weight is 203 g/mol. The number of nitrogens with one attached hydrogen (secondary N) is 1. The van der Waals surface area contributed by atoms with Gasteiger partial charge in [-0.3, -0.25) is 4.79 Å². The molecule has 2 rings (SSSR count). The predicted octanol–water partition coefficient (Wildman–Crippen LogP) is 2.03. The molecule has 0 saturated carbocycles. The first kappa shape index (κ1) is 10.4. The quantitative estimate of drug-likeness (QED) is 0.745. The normalized spacial score (nSPS) is 25.5. The Bertz CT molecular complexity index is 355. The van der Waals surface area contributed by atoms with Gasteiger partial charge >= 0.3 is 0 Å². The zero-order valence-corrected chi connectivity index (χ0v) is 9.29. The summed E-state index contributed by atoms with van der Waals surface area (Å²) in [7, 11) is 0. The van der Waals surface area contributed by atoms with E-state index >= 15 is 0 Å². The maximum atomic E-state index is 12.1. The Balaban J connectivity index is 2.17. The van der Waals surface area contributed by atoms with Crippen LogP contribution >= 0.6 is 0 Å². The molecule has 1 aliphatic rings. The maximum Gasteiger partial charge on any atom is 0.167 e. The molecule has 2 nitrogen and oxygen atoms in total. The summed E-state index contributed by atoms with van der Waals surface area (Å²) < 4.78 is 0. The standard InChI is InChI=1S/C13H17NO/c1-9-3-5-11(6-4-9)13(15)12-8-14-7-10(12)2/h3-6,10,12,14H,7-8H2,1-2H3. The van der Waals surface area contributed by atoms with E-state index in [-0.39, 0.29) is 11.7 Å². The summed E-state index contributed by atoms with van der Waals surface area (Å²) >= 11 is 0. The van der Waals surface area contributed by atoms with Crippen LogP contribution in [0.1, 0.15) is 22.8 Å². The highest BCUT2D eigenvalue weighted by molar-refractivity contribution is 5.98. The number of carbonyl (C=O) groups is 1. The largest absolute Gasteiger partial charge is 0.316 e. The minimum absolute atomic E-state index is 0.160. The summed E-state index contributed by atoms with van der Waals surface area (Å²) in [4.78, 5) is 12.1. The molecule has 80 valence electrons. The third kappa shape index (κ3) is 2.10. The smallest absolute Gasteiger partial charge is 0.167 e. The molecule has 1 aromatic rings. The van der Waals surface area contributed by atoms with Crippen molar-refractivity contribution in [3.05, 3.63) is 35.4 Å². The topological polar surface area (TPSA) is 29.1 Å². The number of hydrogen-bond acceptors (Lipinski definition) is 2. The van der Waals surface area contributed by atoms with Gasteiger partial charge in [-0.2, -0.15) is 0 Å². The molecule has 0 bridgehead atoms. The van der Waals surface area contributed by atoms with Crippen molar-refractivity contribution in [2.45, 2.75) is 13.8 Å². The Hall–Kier alpha value is -1.15. The third-order valence-corrected chi connectivity index (χ3v) is 3.19. The first-order valence-electron chi connectivity index (χ1n) is 5.50. The SMILES string of the molecule is Cc1ccc(C(=O)C2CNCC2C)cc1. The summed E-state index contributed by atoms with van der Waals surface area (Å²) in [6, 6.07) is 7.87. The highest BCUT2D eigenvalue weighted by atomic mass is 16.1. The van der Waals surface area contributed by atoms with Crippen molar-refractivity contribution < 1.29 is 4.79 Å². The maximum absolute atomic E-state index is 12.1. The van der Waals surface area contributed by atoms with E-state index in [1.54, 1.807) is 0 Å². The molecule has 0 radical (unpaired) electrons. The molecule has 1 aromatic carbocycles. The van der Waals surface area contributed by atoms with Crippen LogP contribution in [0, 0.1) is 18.8 Å². The molecule has 1 saturated heterocycles. The minimum Gasteiger partial charge on any atom is -0.316 e. The van der Waals surface area contributed by atoms with E-state index in [4.69, 9.17) is 0 Å². The molecule has 0 spiro atoms. The monoisotopic (exact) mass is 203 g/mol. The Morgan fingerprint density at radius 1 is 1.27 bits per heavy atom. The Morgan fingerprint density at radius 2 is 1.93 bits per heavy atom. The summed E-state index contributed by atoms with van der Waals surface area (Å²) in [5.41, 5.74) is 2.05. The molecular weight excluding hydrogens is 186 g/mol. The lowest BCUT2D eigenvalue weighted by Gasteiger charge is -2.12. The van der Waals surface area contributed by atoms with Crippen molar-refractivity contribution in [1.29, 1.82) is 0 Å². The van der Waals surface area contributed by atoms with Crippen molar-refractivity contribution in [3.63, 3.8) is 0 Å². The van der Waals surface area contributed by atoms with Gasteiger partial charge in [0, 0.05) is 18.0 Å². The van der Waals surface area contributed by atoms with Gasteiger partial charge in [0.1, 0.15) is 0 Å². The number of ketones is 1. The van der Waals surface area contributed by atoms with E-state index in [1.165, 1.54) is 5.56 Å². The number of aryl methyl sites for hydroxylation is 1. The Kier molecular flexibility index (Phi) is 2.87. The van der Waals surface area contributed by atoms with Gasteiger partial charge in [-0.25, -0.2) is 0 Å². The van der Waals surface area contributed by atoms with Crippen molar-refractivity contribution in [2.75, 3.05) is 13.1 Å². The van der Waals surface area contributed by atoms with Gasteiger partial charge in [-0.15, -0.1) is 0 Å². The number of carbonyl (C=O) groups excluding carboxylic acids is 1. The van der Waals surface area contributed by atoms with Crippen LogP contribution in [0.3, 0.4) is 0 Å². The molecule has 0 amide bonds. The van der Waals surface area contributed by atoms with Crippen molar-refractivity contribution in [3.8, 4) is 0 Å². The van der Waals surface area contributed by atoms with Gasteiger partial charge in [0.25, 0.3) is 0 Å². The van der Waals surface area contributed by atoms with E-state index < -0.39 is 0 Å².